The Balaban J connectivity index is 1.61. The Morgan fingerprint density at radius 3 is 2.61 bits per heavy atom. The minimum atomic E-state index is -0.424. The van der Waals surface area contributed by atoms with Gasteiger partial charge in [0.25, 0.3) is 0 Å². The molecular weight excluding hydrogens is 312 g/mol. The summed E-state index contributed by atoms with van der Waals surface area (Å²) in [4.78, 5) is 21.8. The third-order valence-corrected chi connectivity index (χ3v) is 4.69. The van der Waals surface area contributed by atoms with Gasteiger partial charge in [-0.05, 0) is 27.7 Å². The summed E-state index contributed by atoms with van der Waals surface area (Å²) < 4.78 is 5.41. The molecular formula is C16H28N4O2S. The normalized spacial score (nSPS) is 16.6. The van der Waals surface area contributed by atoms with Crippen LogP contribution in [-0.2, 0) is 11.3 Å². The lowest BCUT2D eigenvalue weighted by atomic mass is 10.2. The van der Waals surface area contributed by atoms with E-state index in [0.717, 1.165) is 51.5 Å². The van der Waals surface area contributed by atoms with Crippen molar-refractivity contribution in [3.05, 3.63) is 16.1 Å². The topological polar surface area (TPSA) is 57.7 Å². The van der Waals surface area contributed by atoms with Gasteiger partial charge in [-0.25, -0.2) is 9.78 Å². The first-order valence-corrected chi connectivity index (χ1v) is 9.03. The van der Waals surface area contributed by atoms with Gasteiger partial charge in [-0.2, -0.15) is 0 Å². The number of nitrogens with zero attached hydrogens (tertiary/aromatic N) is 3. The highest BCUT2D eigenvalue weighted by atomic mass is 32.1. The zero-order valence-electron chi connectivity index (χ0n) is 14.6. The molecule has 0 radical (unpaired) electrons. The summed E-state index contributed by atoms with van der Waals surface area (Å²) >= 11 is 1.70. The minimum Gasteiger partial charge on any atom is -0.444 e. The molecule has 1 aliphatic heterocycles. The Morgan fingerprint density at radius 1 is 1.35 bits per heavy atom. The highest BCUT2D eigenvalue weighted by molar-refractivity contribution is 7.09. The predicted octanol–water partition coefficient (Wildman–Crippen LogP) is 2.09. The molecule has 0 bridgehead atoms. The van der Waals surface area contributed by atoms with Crippen molar-refractivity contribution in [2.24, 2.45) is 0 Å². The number of carbonyl (C=O) groups excluding carboxylic acids is 1. The first-order chi connectivity index (χ1) is 10.8. The second-order valence-electron chi connectivity index (χ2n) is 6.85. The van der Waals surface area contributed by atoms with Gasteiger partial charge in [0.2, 0.25) is 0 Å². The first kappa shape index (κ1) is 18.2. The van der Waals surface area contributed by atoms with E-state index in [1.165, 1.54) is 4.88 Å². The summed E-state index contributed by atoms with van der Waals surface area (Å²) in [5, 5.41) is 3.46. The molecule has 2 rings (SSSR count). The maximum absolute atomic E-state index is 12.0. The smallest absolute Gasteiger partial charge is 0.410 e. The molecule has 23 heavy (non-hydrogen) atoms. The lowest BCUT2D eigenvalue weighted by Crippen LogP contribution is -2.51. The van der Waals surface area contributed by atoms with E-state index in [0.29, 0.717) is 0 Å². The molecule has 0 aromatic carbocycles. The first-order valence-electron chi connectivity index (χ1n) is 8.15. The zero-order chi connectivity index (χ0) is 16.9. The lowest BCUT2D eigenvalue weighted by Gasteiger charge is -2.35. The van der Waals surface area contributed by atoms with Crippen LogP contribution in [0, 0.1) is 6.92 Å². The summed E-state index contributed by atoms with van der Waals surface area (Å²) in [5.41, 5.74) is 2.59. The molecule has 0 spiro atoms. The van der Waals surface area contributed by atoms with E-state index in [1.54, 1.807) is 16.2 Å². The van der Waals surface area contributed by atoms with Crippen LogP contribution in [0.15, 0.2) is 5.51 Å². The number of hydrogen-bond donors (Lipinski definition) is 1. The van der Waals surface area contributed by atoms with Gasteiger partial charge in [0.15, 0.2) is 0 Å². The van der Waals surface area contributed by atoms with E-state index in [1.807, 2.05) is 33.2 Å². The summed E-state index contributed by atoms with van der Waals surface area (Å²) in [7, 11) is 0. The number of piperazine rings is 1. The van der Waals surface area contributed by atoms with Crippen LogP contribution in [0.4, 0.5) is 4.79 Å². The lowest BCUT2D eigenvalue weighted by molar-refractivity contribution is 0.0146. The number of nitrogens with one attached hydrogen (secondary N) is 1. The van der Waals surface area contributed by atoms with Crippen molar-refractivity contribution in [2.45, 2.75) is 39.8 Å². The van der Waals surface area contributed by atoms with E-state index in [-0.39, 0.29) is 6.09 Å². The highest BCUT2D eigenvalue weighted by Crippen LogP contribution is 2.12. The van der Waals surface area contributed by atoms with Crippen LogP contribution in [0.25, 0.3) is 0 Å². The van der Waals surface area contributed by atoms with Crippen molar-refractivity contribution < 1.29 is 9.53 Å². The summed E-state index contributed by atoms with van der Waals surface area (Å²) in [6.45, 7) is 13.9. The van der Waals surface area contributed by atoms with Crippen molar-refractivity contribution in [3.8, 4) is 0 Å². The van der Waals surface area contributed by atoms with Crippen LogP contribution < -0.4 is 5.32 Å². The number of thiazole rings is 1. The van der Waals surface area contributed by atoms with Crippen LogP contribution in [0.2, 0.25) is 0 Å². The van der Waals surface area contributed by atoms with E-state index >= 15 is 0 Å². The quantitative estimate of drug-likeness (QED) is 0.832. The highest BCUT2D eigenvalue weighted by Gasteiger charge is 2.25. The van der Waals surface area contributed by atoms with Gasteiger partial charge >= 0.3 is 6.09 Å². The molecule has 1 amide bonds. The summed E-state index contributed by atoms with van der Waals surface area (Å²) in [6.07, 6.45) is -0.198. The monoisotopic (exact) mass is 340 g/mol. The second kappa shape index (κ2) is 8.08. The molecule has 130 valence electrons. The summed E-state index contributed by atoms with van der Waals surface area (Å²) in [5.74, 6) is 0. The molecule has 0 saturated carbocycles. The molecule has 1 aliphatic rings. The van der Waals surface area contributed by atoms with Crippen molar-refractivity contribution in [1.29, 1.82) is 0 Å². The molecule has 0 atom stereocenters. The molecule has 2 heterocycles. The van der Waals surface area contributed by atoms with E-state index in [9.17, 15) is 4.79 Å². The second-order valence-corrected chi connectivity index (χ2v) is 7.79. The van der Waals surface area contributed by atoms with Gasteiger partial charge in [0, 0.05) is 50.7 Å². The zero-order valence-corrected chi connectivity index (χ0v) is 15.4. The van der Waals surface area contributed by atoms with Crippen molar-refractivity contribution in [3.63, 3.8) is 0 Å². The van der Waals surface area contributed by atoms with E-state index in [4.69, 9.17) is 4.74 Å². The number of carbonyl (C=O) groups is 1. The Kier molecular flexibility index (Phi) is 6.38. The van der Waals surface area contributed by atoms with Gasteiger partial charge in [-0.1, -0.05) is 0 Å². The predicted molar refractivity (Wildman–Crippen MR) is 92.8 cm³/mol. The number of amides is 1. The Morgan fingerprint density at radius 2 is 2.04 bits per heavy atom. The minimum absolute atomic E-state index is 0.198. The van der Waals surface area contributed by atoms with Crippen LogP contribution in [0.5, 0.6) is 0 Å². The molecule has 1 saturated heterocycles. The third kappa shape index (κ3) is 6.08. The Bertz CT molecular complexity index is 504. The molecule has 1 fully saturated rings. The van der Waals surface area contributed by atoms with Crippen molar-refractivity contribution >= 4 is 17.4 Å². The largest absolute Gasteiger partial charge is 0.444 e. The van der Waals surface area contributed by atoms with Gasteiger partial charge in [0.1, 0.15) is 5.60 Å². The van der Waals surface area contributed by atoms with Gasteiger partial charge in [-0.15, -0.1) is 11.3 Å². The number of hydrogen-bond acceptors (Lipinski definition) is 6. The van der Waals surface area contributed by atoms with E-state index in [2.05, 4.69) is 15.2 Å². The molecule has 1 N–H and O–H groups in total. The number of rotatable bonds is 5. The maximum atomic E-state index is 12.0. The van der Waals surface area contributed by atoms with Crippen LogP contribution in [-0.4, -0.2) is 65.7 Å². The molecule has 1 aromatic heterocycles. The summed E-state index contributed by atoms with van der Waals surface area (Å²) in [6, 6.07) is 0. The average molecular weight is 340 g/mol. The number of aryl methyl sites for hydroxylation is 1. The molecule has 6 nitrogen and oxygen atoms in total. The third-order valence-electron chi connectivity index (χ3n) is 3.76. The fraction of sp³-hybridized carbons (Fsp3) is 0.750. The molecule has 0 unspecified atom stereocenters. The molecule has 7 heteroatoms. The van der Waals surface area contributed by atoms with Crippen LogP contribution in [0.3, 0.4) is 0 Å². The van der Waals surface area contributed by atoms with Crippen molar-refractivity contribution in [2.75, 3.05) is 39.3 Å². The fourth-order valence-electron chi connectivity index (χ4n) is 2.42. The van der Waals surface area contributed by atoms with Crippen LogP contribution >= 0.6 is 11.3 Å². The number of aromatic nitrogens is 1. The number of ether oxygens (including phenoxy) is 1. The van der Waals surface area contributed by atoms with Gasteiger partial charge < -0.3 is 15.0 Å². The SMILES string of the molecule is Cc1ncsc1CNCCN1CCN(C(=O)OC(C)(C)C)CC1. The van der Waals surface area contributed by atoms with Gasteiger partial charge in [-0.3, -0.25) is 4.90 Å². The average Bonchev–Trinajstić information content (AvgIpc) is 2.88. The fourth-order valence-corrected chi connectivity index (χ4v) is 3.16. The standard InChI is InChI=1S/C16H28N4O2S/c1-13-14(23-12-18-13)11-17-5-6-19-7-9-20(10-8-19)15(21)22-16(2,3)4/h12,17H,5-11H2,1-4H3. The molecule has 1 aromatic rings. The maximum Gasteiger partial charge on any atom is 0.410 e. The Labute approximate surface area is 142 Å². The Hall–Kier alpha value is -1.18. The van der Waals surface area contributed by atoms with Gasteiger partial charge in [0.05, 0.1) is 11.2 Å². The van der Waals surface area contributed by atoms with Crippen LogP contribution in [0.1, 0.15) is 31.3 Å². The van der Waals surface area contributed by atoms with E-state index < -0.39 is 5.60 Å². The van der Waals surface area contributed by atoms with Crippen molar-refractivity contribution in [1.82, 2.24) is 20.1 Å². The molecule has 0 aliphatic carbocycles.